The molecule has 0 N–H and O–H groups in total. The predicted octanol–water partition coefficient (Wildman–Crippen LogP) is 5.20. The Kier molecular flexibility index (Phi) is 5.56. The standard InChI is InChI=1S/C15H20Br2O/c1-18-14-6-7-15(17)12(9-14)8-13(10-16)11-4-2-3-5-11/h6-7,9,11,13H,2-5,8,10H2,1H3. The van der Waals surface area contributed by atoms with Crippen molar-refractivity contribution in [3.05, 3.63) is 28.2 Å². The van der Waals surface area contributed by atoms with Crippen molar-refractivity contribution in [2.75, 3.05) is 12.4 Å². The van der Waals surface area contributed by atoms with Gasteiger partial charge in [-0.1, -0.05) is 57.5 Å². The van der Waals surface area contributed by atoms with Gasteiger partial charge in [0.1, 0.15) is 5.75 Å². The Morgan fingerprint density at radius 3 is 2.67 bits per heavy atom. The summed E-state index contributed by atoms with van der Waals surface area (Å²) in [6.45, 7) is 0. The fraction of sp³-hybridized carbons (Fsp3) is 0.600. The third-order valence-electron chi connectivity index (χ3n) is 4.00. The fourth-order valence-electron chi connectivity index (χ4n) is 2.89. The Hall–Kier alpha value is -0.0200. The molecular formula is C15H20Br2O. The predicted molar refractivity (Wildman–Crippen MR) is 83.6 cm³/mol. The molecule has 1 aromatic carbocycles. The number of alkyl halides is 1. The second-order valence-corrected chi connectivity index (χ2v) is 6.62. The van der Waals surface area contributed by atoms with E-state index in [0.29, 0.717) is 0 Å². The monoisotopic (exact) mass is 374 g/mol. The second kappa shape index (κ2) is 6.95. The molecule has 3 heteroatoms. The number of hydrogen-bond acceptors (Lipinski definition) is 1. The van der Waals surface area contributed by atoms with Crippen LogP contribution >= 0.6 is 31.9 Å². The van der Waals surface area contributed by atoms with E-state index in [9.17, 15) is 0 Å². The summed E-state index contributed by atoms with van der Waals surface area (Å²) in [7, 11) is 1.73. The molecule has 0 spiro atoms. The van der Waals surface area contributed by atoms with Crippen molar-refractivity contribution in [3.8, 4) is 5.75 Å². The van der Waals surface area contributed by atoms with E-state index in [1.54, 1.807) is 7.11 Å². The molecule has 0 saturated heterocycles. The summed E-state index contributed by atoms with van der Waals surface area (Å²) in [6, 6.07) is 6.26. The summed E-state index contributed by atoms with van der Waals surface area (Å²) in [5.74, 6) is 2.59. The van der Waals surface area contributed by atoms with E-state index in [1.165, 1.54) is 35.7 Å². The lowest BCUT2D eigenvalue weighted by molar-refractivity contribution is 0.371. The first-order valence-electron chi connectivity index (χ1n) is 6.63. The minimum Gasteiger partial charge on any atom is -0.497 e. The molecule has 0 amide bonds. The number of methoxy groups -OCH3 is 1. The van der Waals surface area contributed by atoms with E-state index in [-0.39, 0.29) is 0 Å². The molecule has 1 fully saturated rings. The summed E-state index contributed by atoms with van der Waals surface area (Å²) in [5, 5.41) is 1.10. The average molecular weight is 376 g/mol. The van der Waals surface area contributed by atoms with E-state index >= 15 is 0 Å². The normalized spacial score (nSPS) is 17.9. The molecule has 1 atom stereocenters. The first kappa shape index (κ1) is 14.4. The minimum absolute atomic E-state index is 0.746. The van der Waals surface area contributed by atoms with Crippen LogP contribution in [0.3, 0.4) is 0 Å². The summed E-state index contributed by atoms with van der Waals surface area (Å²) in [6.07, 6.45) is 6.75. The smallest absolute Gasteiger partial charge is 0.119 e. The van der Waals surface area contributed by atoms with Crippen LogP contribution in [-0.4, -0.2) is 12.4 Å². The molecule has 2 rings (SSSR count). The maximum absolute atomic E-state index is 5.32. The SMILES string of the molecule is COc1ccc(Br)c(CC(CBr)C2CCCC2)c1. The van der Waals surface area contributed by atoms with Crippen molar-refractivity contribution in [3.63, 3.8) is 0 Å². The Balaban J connectivity index is 2.10. The quantitative estimate of drug-likeness (QED) is 0.642. The molecule has 1 aliphatic rings. The molecule has 100 valence electrons. The van der Waals surface area contributed by atoms with Crippen LogP contribution in [0.15, 0.2) is 22.7 Å². The topological polar surface area (TPSA) is 9.23 Å². The summed E-state index contributed by atoms with van der Waals surface area (Å²) in [4.78, 5) is 0. The Morgan fingerprint density at radius 1 is 1.33 bits per heavy atom. The first-order valence-corrected chi connectivity index (χ1v) is 8.54. The third kappa shape index (κ3) is 3.51. The van der Waals surface area contributed by atoms with Crippen LogP contribution in [0.5, 0.6) is 5.75 Å². The molecule has 1 nitrogen and oxygen atoms in total. The van der Waals surface area contributed by atoms with Gasteiger partial charge in [-0.15, -0.1) is 0 Å². The van der Waals surface area contributed by atoms with Gasteiger partial charge in [-0.2, -0.15) is 0 Å². The highest BCUT2D eigenvalue weighted by atomic mass is 79.9. The number of rotatable bonds is 5. The zero-order chi connectivity index (χ0) is 13.0. The molecule has 0 aromatic heterocycles. The van der Waals surface area contributed by atoms with E-state index in [4.69, 9.17) is 4.74 Å². The molecular weight excluding hydrogens is 356 g/mol. The minimum atomic E-state index is 0.746. The number of halogens is 2. The maximum atomic E-state index is 5.32. The molecule has 0 radical (unpaired) electrons. The Bertz CT molecular complexity index is 386. The van der Waals surface area contributed by atoms with E-state index in [0.717, 1.165) is 29.3 Å². The van der Waals surface area contributed by atoms with Crippen LogP contribution in [0.4, 0.5) is 0 Å². The third-order valence-corrected chi connectivity index (χ3v) is 5.60. The molecule has 1 aromatic rings. The Labute approximate surface area is 127 Å². The summed E-state index contributed by atoms with van der Waals surface area (Å²) >= 11 is 7.35. The fourth-order valence-corrected chi connectivity index (χ4v) is 4.06. The second-order valence-electron chi connectivity index (χ2n) is 5.12. The lowest BCUT2D eigenvalue weighted by atomic mass is 9.87. The highest BCUT2D eigenvalue weighted by molar-refractivity contribution is 9.10. The lowest BCUT2D eigenvalue weighted by Crippen LogP contribution is -2.16. The number of benzene rings is 1. The van der Waals surface area contributed by atoms with Gasteiger partial charge in [0.2, 0.25) is 0 Å². The zero-order valence-corrected chi connectivity index (χ0v) is 14.0. The first-order chi connectivity index (χ1) is 8.74. The summed E-state index contributed by atoms with van der Waals surface area (Å²) in [5.41, 5.74) is 1.37. The largest absolute Gasteiger partial charge is 0.497 e. The van der Waals surface area contributed by atoms with Crippen LogP contribution in [-0.2, 0) is 6.42 Å². The summed E-state index contributed by atoms with van der Waals surface area (Å²) < 4.78 is 6.52. The van der Waals surface area contributed by atoms with Crippen molar-refractivity contribution in [1.29, 1.82) is 0 Å². The van der Waals surface area contributed by atoms with Crippen LogP contribution in [0.1, 0.15) is 31.2 Å². The molecule has 1 saturated carbocycles. The highest BCUT2D eigenvalue weighted by Crippen LogP contribution is 2.36. The van der Waals surface area contributed by atoms with Gasteiger partial charge in [-0.25, -0.2) is 0 Å². The van der Waals surface area contributed by atoms with E-state index < -0.39 is 0 Å². The van der Waals surface area contributed by atoms with Gasteiger partial charge in [-0.05, 0) is 42.0 Å². The molecule has 0 heterocycles. The van der Waals surface area contributed by atoms with Gasteiger partial charge in [-0.3, -0.25) is 0 Å². The van der Waals surface area contributed by atoms with Crippen molar-refractivity contribution in [1.82, 2.24) is 0 Å². The highest BCUT2D eigenvalue weighted by Gasteiger charge is 2.24. The number of hydrogen-bond donors (Lipinski definition) is 0. The average Bonchev–Trinajstić information content (AvgIpc) is 2.91. The van der Waals surface area contributed by atoms with Crippen LogP contribution in [0, 0.1) is 11.8 Å². The van der Waals surface area contributed by atoms with Crippen LogP contribution in [0.2, 0.25) is 0 Å². The molecule has 0 bridgehead atoms. The van der Waals surface area contributed by atoms with Crippen molar-refractivity contribution in [2.45, 2.75) is 32.1 Å². The van der Waals surface area contributed by atoms with Gasteiger partial charge in [0.15, 0.2) is 0 Å². The van der Waals surface area contributed by atoms with E-state index in [2.05, 4.69) is 44.0 Å². The van der Waals surface area contributed by atoms with Gasteiger partial charge in [0, 0.05) is 9.80 Å². The van der Waals surface area contributed by atoms with Gasteiger partial charge in [0.05, 0.1) is 7.11 Å². The Morgan fingerprint density at radius 2 is 2.06 bits per heavy atom. The lowest BCUT2D eigenvalue weighted by Gasteiger charge is -2.22. The van der Waals surface area contributed by atoms with Gasteiger partial charge < -0.3 is 4.74 Å². The molecule has 0 aliphatic heterocycles. The maximum Gasteiger partial charge on any atom is 0.119 e. The van der Waals surface area contributed by atoms with Gasteiger partial charge in [0.25, 0.3) is 0 Å². The molecule has 18 heavy (non-hydrogen) atoms. The molecule has 1 unspecified atom stereocenters. The zero-order valence-electron chi connectivity index (χ0n) is 10.8. The number of ether oxygens (including phenoxy) is 1. The van der Waals surface area contributed by atoms with Crippen molar-refractivity contribution < 1.29 is 4.74 Å². The van der Waals surface area contributed by atoms with E-state index in [1.807, 2.05) is 6.07 Å². The van der Waals surface area contributed by atoms with Crippen molar-refractivity contribution >= 4 is 31.9 Å². The molecule has 1 aliphatic carbocycles. The van der Waals surface area contributed by atoms with Crippen LogP contribution in [0.25, 0.3) is 0 Å². The van der Waals surface area contributed by atoms with Crippen LogP contribution < -0.4 is 4.74 Å². The van der Waals surface area contributed by atoms with Gasteiger partial charge >= 0.3 is 0 Å². The van der Waals surface area contributed by atoms with Crippen molar-refractivity contribution in [2.24, 2.45) is 11.8 Å².